The van der Waals surface area contributed by atoms with Gasteiger partial charge in [-0.3, -0.25) is 10.2 Å². The minimum absolute atomic E-state index is 0.0145. The minimum Gasteiger partial charge on any atom is -0.469 e. The van der Waals surface area contributed by atoms with Gasteiger partial charge in [0.05, 0.1) is 13.3 Å². The third-order valence-electron chi connectivity index (χ3n) is 2.79. The van der Waals surface area contributed by atoms with Crippen LogP contribution in [0.25, 0.3) is 0 Å². The van der Waals surface area contributed by atoms with Gasteiger partial charge in [-0.15, -0.1) is 9.90 Å². The lowest BCUT2D eigenvalue weighted by Crippen LogP contribution is -2.32. The Bertz CT molecular complexity index is 633. The van der Waals surface area contributed by atoms with Crippen LogP contribution in [-0.4, -0.2) is 58.8 Å². The molecule has 25 heavy (non-hydrogen) atoms. The Kier molecular flexibility index (Phi) is 7.26. The molecule has 140 valence electrons. The molecule has 0 aliphatic carbocycles. The van der Waals surface area contributed by atoms with Gasteiger partial charge in [0.2, 0.25) is 0 Å². The van der Waals surface area contributed by atoms with Crippen LogP contribution in [0.2, 0.25) is 0 Å². The molecule has 1 rings (SSSR count). The minimum atomic E-state index is -4.29. The van der Waals surface area contributed by atoms with E-state index in [9.17, 15) is 22.4 Å². The van der Waals surface area contributed by atoms with Crippen LogP contribution in [0, 0.1) is 5.41 Å². The molecular weight excluding hydrogens is 350 g/mol. The Morgan fingerprint density at radius 1 is 1.52 bits per heavy atom. The van der Waals surface area contributed by atoms with Crippen molar-refractivity contribution in [2.45, 2.75) is 31.6 Å². The number of nitrogens with one attached hydrogen (secondary N) is 2. The van der Waals surface area contributed by atoms with Crippen LogP contribution in [0.4, 0.5) is 23.4 Å². The predicted octanol–water partition coefficient (Wildman–Crippen LogP) is 1.07. The standard InChI is InChI=1S/C12H17F4N7O2/c1-25-9(24)4-2-3-7(17)23-20-5-8(22-23)21-11(18)19-6-12(15,16)10(13)14/h5,10,17H,2-4,6H2,1H3,(H3,18,19,21,22). The Morgan fingerprint density at radius 2 is 2.20 bits per heavy atom. The number of guanidine groups is 1. The van der Waals surface area contributed by atoms with Crippen molar-refractivity contribution in [3.63, 3.8) is 0 Å². The predicted molar refractivity (Wildman–Crippen MR) is 80.1 cm³/mol. The van der Waals surface area contributed by atoms with E-state index in [-0.39, 0.29) is 24.5 Å². The van der Waals surface area contributed by atoms with Crippen LogP contribution in [0.3, 0.4) is 0 Å². The van der Waals surface area contributed by atoms with Crippen LogP contribution in [0.15, 0.2) is 11.2 Å². The number of aromatic nitrogens is 3. The van der Waals surface area contributed by atoms with E-state index in [0.717, 1.165) is 11.0 Å². The summed E-state index contributed by atoms with van der Waals surface area (Å²) in [5.41, 5.74) is 5.31. The average molecular weight is 367 g/mol. The highest BCUT2D eigenvalue weighted by Crippen LogP contribution is 2.22. The van der Waals surface area contributed by atoms with Crippen LogP contribution in [-0.2, 0) is 9.53 Å². The molecule has 0 fully saturated rings. The summed E-state index contributed by atoms with van der Waals surface area (Å²) < 4.78 is 53.9. The van der Waals surface area contributed by atoms with Gasteiger partial charge in [0.25, 0.3) is 0 Å². The fourth-order valence-corrected chi connectivity index (χ4v) is 1.48. The van der Waals surface area contributed by atoms with Gasteiger partial charge in [0.15, 0.2) is 11.8 Å². The van der Waals surface area contributed by atoms with E-state index in [1.54, 1.807) is 0 Å². The molecule has 0 aliphatic heterocycles. The van der Waals surface area contributed by atoms with Crippen LogP contribution >= 0.6 is 0 Å². The summed E-state index contributed by atoms with van der Waals surface area (Å²) in [6, 6.07) is 0. The maximum atomic E-state index is 12.7. The molecule has 1 aromatic heterocycles. The van der Waals surface area contributed by atoms with Crippen molar-refractivity contribution >= 4 is 23.6 Å². The van der Waals surface area contributed by atoms with Gasteiger partial charge in [0.1, 0.15) is 12.4 Å². The van der Waals surface area contributed by atoms with E-state index >= 15 is 0 Å². The summed E-state index contributed by atoms with van der Waals surface area (Å²) in [4.78, 5) is 15.0. The number of hydrogen-bond donors (Lipinski definition) is 3. The van der Waals surface area contributed by atoms with E-state index in [0.29, 0.717) is 6.42 Å². The molecule has 0 radical (unpaired) electrons. The van der Waals surface area contributed by atoms with Crippen molar-refractivity contribution in [2.75, 3.05) is 19.0 Å². The third kappa shape index (κ3) is 6.73. The van der Waals surface area contributed by atoms with E-state index in [4.69, 9.17) is 11.1 Å². The maximum absolute atomic E-state index is 12.7. The van der Waals surface area contributed by atoms with E-state index in [1.807, 2.05) is 0 Å². The molecule has 0 spiro atoms. The second kappa shape index (κ2) is 8.94. The van der Waals surface area contributed by atoms with Gasteiger partial charge in [0, 0.05) is 12.8 Å². The monoisotopic (exact) mass is 367 g/mol. The first-order valence-electron chi connectivity index (χ1n) is 6.95. The van der Waals surface area contributed by atoms with Crippen molar-refractivity contribution in [3.8, 4) is 0 Å². The lowest BCUT2D eigenvalue weighted by molar-refractivity contribution is -0.140. The first-order chi connectivity index (χ1) is 11.7. The number of carbonyl (C=O) groups is 1. The number of hydrogen-bond acceptors (Lipinski definition) is 6. The van der Waals surface area contributed by atoms with Gasteiger partial charge in [-0.05, 0) is 6.42 Å². The highest BCUT2D eigenvalue weighted by Gasteiger charge is 2.40. The molecule has 4 N–H and O–H groups in total. The molecule has 0 bridgehead atoms. The van der Waals surface area contributed by atoms with Crippen LogP contribution in [0.1, 0.15) is 19.3 Å². The van der Waals surface area contributed by atoms with Crippen molar-refractivity contribution in [3.05, 3.63) is 6.20 Å². The van der Waals surface area contributed by atoms with Crippen LogP contribution in [0.5, 0.6) is 0 Å². The Hall–Kier alpha value is -2.73. The Morgan fingerprint density at radius 3 is 2.80 bits per heavy atom. The Labute approximate surface area is 139 Å². The fraction of sp³-hybridized carbons (Fsp3) is 0.583. The molecule has 13 heteroatoms. The zero-order valence-electron chi connectivity index (χ0n) is 13.2. The van der Waals surface area contributed by atoms with Crippen molar-refractivity contribution in [1.82, 2.24) is 15.0 Å². The van der Waals surface area contributed by atoms with Gasteiger partial charge in [-0.25, -0.2) is 13.8 Å². The van der Waals surface area contributed by atoms with Gasteiger partial charge in [-0.2, -0.15) is 13.9 Å². The number of alkyl halides is 4. The summed E-state index contributed by atoms with van der Waals surface area (Å²) in [7, 11) is 1.25. The highest BCUT2D eigenvalue weighted by molar-refractivity contribution is 5.91. The molecule has 0 atom stereocenters. The number of methoxy groups -OCH3 is 1. The summed E-state index contributed by atoms with van der Waals surface area (Å²) in [5, 5.41) is 17.6. The van der Waals surface area contributed by atoms with E-state index in [1.165, 1.54) is 7.11 Å². The molecule has 1 heterocycles. The highest BCUT2D eigenvalue weighted by atomic mass is 19.3. The molecule has 0 saturated carbocycles. The molecule has 1 aromatic rings. The number of esters is 1. The number of halogens is 4. The molecule has 0 aliphatic rings. The number of ether oxygens (including phenoxy) is 1. The second-order valence-electron chi connectivity index (χ2n) is 4.78. The lowest BCUT2D eigenvalue weighted by atomic mass is 10.2. The van der Waals surface area contributed by atoms with Gasteiger partial charge >= 0.3 is 18.3 Å². The first-order valence-corrected chi connectivity index (χ1v) is 6.95. The van der Waals surface area contributed by atoms with E-state index in [2.05, 4.69) is 25.2 Å². The third-order valence-corrected chi connectivity index (χ3v) is 2.79. The second-order valence-corrected chi connectivity index (χ2v) is 4.78. The molecule has 9 nitrogen and oxygen atoms in total. The lowest BCUT2D eigenvalue weighted by Gasteiger charge is -2.12. The number of carbonyl (C=O) groups excluding carboxylic acids is 1. The topological polar surface area (TPSA) is 131 Å². The average Bonchev–Trinajstić information content (AvgIpc) is 3.01. The number of aliphatic imine (C=N–C) groups is 1. The maximum Gasteiger partial charge on any atom is 0.326 e. The summed E-state index contributed by atoms with van der Waals surface area (Å²) in [6.07, 6.45) is -2.04. The molecule has 0 amide bonds. The van der Waals surface area contributed by atoms with Gasteiger partial charge in [-0.1, -0.05) is 0 Å². The van der Waals surface area contributed by atoms with E-state index < -0.39 is 30.8 Å². The molecular formula is C12H17F4N7O2. The van der Waals surface area contributed by atoms with Gasteiger partial charge < -0.3 is 15.8 Å². The summed E-state index contributed by atoms with van der Waals surface area (Å²) in [5.74, 6) is -5.29. The molecule has 0 unspecified atom stereocenters. The van der Waals surface area contributed by atoms with Crippen molar-refractivity contribution in [2.24, 2.45) is 10.7 Å². The smallest absolute Gasteiger partial charge is 0.326 e. The number of nitrogens with two attached hydrogens (primary N) is 1. The normalized spacial score (nSPS) is 12.3. The first kappa shape index (κ1) is 20.3. The van der Waals surface area contributed by atoms with Crippen molar-refractivity contribution < 1.29 is 27.1 Å². The summed E-state index contributed by atoms with van der Waals surface area (Å²) >= 11 is 0. The number of rotatable bonds is 8. The Balaban J connectivity index is 2.54. The van der Waals surface area contributed by atoms with Crippen LogP contribution < -0.4 is 11.1 Å². The largest absolute Gasteiger partial charge is 0.469 e. The summed E-state index contributed by atoms with van der Waals surface area (Å²) in [6.45, 7) is -1.49. The SMILES string of the molecule is COC(=O)CCCC(=N)n1ncc(NC(N)=NCC(F)(F)C(F)F)n1. The molecule has 0 aromatic carbocycles. The quantitative estimate of drug-likeness (QED) is 0.273. The zero-order valence-corrected chi connectivity index (χ0v) is 13.2. The fourth-order valence-electron chi connectivity index (χ4n) is 1.48. The number of anilines is 1. The molecule has 0 saturated heterocycles. The number of nitrogens with zero attached hydrogens (tertiary/aromatic N) is 4. The van der Waals surface area contributed by atoms with Crippen molar-refractivity contribution in [1.29, 1.82) is 5.41 Å². The zero-order chi connectivity index (χ0) is 19.0.